The van der Waals surface area contributed by atoms with Gasteiger partial charge in [-0.1, -0.05) is 30.3 Å². The Morgan fingerprint density at radius 2 is 2.08 bits per heavy atom. The second-order valence-corrected chi connectivity index (χ2v) is 2.73. The summed E-state index contributed by atoms with van der Waals surface area (Å²) in [5, 5.41) is 8.70. The average molecular weight is 177 g/mol. The highest BCUT2D eigenvalue weighted by Gasteiger charge is 2.14. The zero-order chi connectivity index (χ0) is 9.68. The first-order chi connectivity index (χ1) is 6.24. The quantitative estimate of drug-likeness (QED) is 0.706. The van der Waals surface area contributed by atoms with Crippen LogP contribution in [-0.2, 0) is 11.2 Å². The minimum atomic E-state index is -0.932. The Hall–Kier alpha value is -1.64. The van der Waals surface area contributed by atoms with Crippen molar-refractivity contribution in [3.63, 3.8) is 0 Å². The van der Waals surface area contributed by atoms with E-state index in [-0.39, 0.29) is 0 Å². The molecule has 13 heavy (non-hydrogen) atoms. The summed E-state index contributed by atoms with van der Waals surface area (Å²) in [5.41, 5.74) is 0.960. The molecule has 0 saturated carbocycles. The first kappa shape index (κ1) is 9.45. The molecule has 1 aromatic carbocycles. The van der Waals surface area contributed by atoms with Gasteiger partial charge < -0.3 is 5.11 Å². The zero-order valence-electron chi connectivity index (χ0n) is 7.18. The molecule has 0 aromatic heterocycles. The predicted molar refractivity (Wildman–Crippen MR) is 51.1 cm³/mol. The van der Waals surface area contributed by atoms with Gasteiger partial charge in [-0.3, -0.25) is 4.99 Å². The van der Waals surface area contributed by atoms with Crippen LogP contribution in [0, 0.1) is 0 Å². The Labute approximate surface area is 76.7 Å². The first-order valence-electron chi connectivity index (χ1n) is 3.96. The molecule has 0 spiro atoms. The van der Waals surface area contributed by atoms with Gasteiger partial charge >= 0.3 is 5.97 Å². The van der Waals surface area contributed by atoms with Crippen LogP contribution in [0.4, 0.5) is 0 Å². The number of carbonyl (C=O) groups is 1. The van der Waals surface area contributed by atoms with Gasteiger partial charge in [-0.2, -0.15) is 0 Å². The monoisotopic (exact) mass is 177 g/mol. The van der Waals surface area contributed by atoms with Gasteiger partial charge in [0.2, 0.25) is 0 Å². The second-order valence-electron chi connectivity index (χ2n) is 2.73. The Kier molecular flexibility index (Phi) is 3.20. The smallest absolute Gasteiger partial charge is 0.328 e. The normalized spacial score (nSPS) is 12.0. The summed E-state index contributed by atoms with van der Waals surface area (Å²) >= 11 is 0. The summed E-state index contributed by atoms with van der Waals surface area (Å²) in [4.78, 5) is 14.1. The topological polar surface area (TPSA) is 49.7 Å². The highest BCUT2D eigenvalue weighted by Crippen LogP contribution is 2.05. The lowest BCUT2D eigenvalue weighted by Gasteiger charge is -2.05. The van der Waals surface area contributed by atoms with Crippen LogP contribution in [0.2, 0.25) is 0 Å². The molecule has 1 atom stereocenters. The van der Waals surface area contributed by atoms with Crippen molar-refractivity contribution in [2.45, 2.75) is 12.5 Å². The van der Waals surface area contributed by atoms with E-state index in [1.165, 1.54) is 0 Å². The van der Waals surface area contributed by atoms with Crippen molar-refractivity contribution in [1.82, 2.24) is 0 Å². The first-order valence-corrected chi connectivity index (χ1v) is 3.96. The number of carboxylic acids is 1. The number of aliphatic imine (C=N–C) groups is 1. The van der Waals surface area contributed by atoms with Gasteiger partial charge in [-0.25, -0.2) is 4.79 Å². The van der Waals surface area contributed by atoms with Gasteiger partial charge in [0.15, 0.2) is 6.04 Å². The van der Waals surface area contributed by atoms with Crippen LogP contribution in [0.3, 0.4) is 0 Å². The van der Waals surface area contributed by atoms with Crippen LogP contribution in [0.5, 0.6) is 0 Å². The fourth-order valence-electron chi connectivity index (χ4n) is 1.07. The van der Waals surface area contributed by atoms with Gasteiger partial charge in [-0.15, -0.1) is 0 Å². The van der Waals surface area contributed by atoms with Crippen LogP contribution in [0.25, 0.3) is 0 Å². The van der Waals surface area contributed by atoms with E-state index >= 15 is 0 Å². The van der Waals surface area contributed by atoms with Gasteiger partial charge in [-0.05, 0) is 12.3 Å². The third-order valence-corrected chi connectivity index (χ3v) is 1.78. The van der Waals surface area contributed by atoms with Crippen LogP contribution in [0.15, 0.2) is 35.3 Å². The van der Waals surface area contributed by atoms with Crippen LogP contribution >= 0.6 is 0 Å². The highest BCUT2D eigenvalue weighted by molar-refractivity contribution is 5.74. The SMILES string of the molecule is C=NC(Cc1ccccc1)C(=O)O. The summed E-state index contributed by atoms with van der Waals surface area (Å²) in [6.45, 7) is 3.25. The predicted octanol–water partition coefficient (Wildman–Crippen LogP) is 1.38. The largest absolute Gasteiger partial charge is 0.480 e. The fourth-order valence-corrected chi connectivity index (χ4v) is 1.07. The van der Waals surface area contributed by atoms with E-state index in [0.717, 1.165) is 5.56 Å². The molecule has 0 saturated heterocycles. The maximum Gasteiger partial charge on any atom is 0.328 e. The Balaban J connectivity index is 2.67. The number of rotatable bonds is 4. The molecule has 3 nitrogen and oxygen atoms in total. The van der Waals surface area contributed by atoms with Crippen molar-refractivity contribution >= 4 is 12.7 Å². The number of nitrogens with zero attached hydrogens (tertiary/aromatic N) is 1. The zero-order valence-corrected chi connectivity index (χ0v) is 7.18. The Bertz CT molecular complexity index is 295. The number of carboxylic acid groups (broad SMARTS) is 1. The molecule has 1 rings (SSSR count). The molecule has 0 heterocycles. The van der Waals surface area contributed by atoms with E-state index in [9.17, 15) is 4.79 Å². The number of aliphatic carboxylic acids is 1. The summed E-state index contributed by atoms with van der Waals surface area (Å²) in [7, 11) is 0. The molecule has 0 aliphatic carbocycles. The molecule has 1 unspecified atom stereocenters. The molecule has 1 aromatic rings. The van der Waals surface area contributed by atoms with Gasteiger partial charge in [0.05, 0.1) is 0 Å². The molecule has 0 bridgehead atoms. The van der Waals surface area contributed by atoms with Crippen molar-refractivity contribution in [3.05, 3.63) is 35.9 Å². The number of hydrogen-bond donors (Lipinski definition) is 1. The lowest BCUT2D eigenvalue weighted by Crippen LogP contribution is -2.19. The van der Waals surface area contributed by atoms with Crippen molar-refractivity contribution in [3.8, 4) is 0 Å². The van der Waals surface area contributed by atoms with E-state index in [2.05, 4.69) is 11.7 Å². The number of benzene rings is 1. The van der Waals surface area contributed by atoms with Gasteiger partial charge in [0.25, 0.3) is 0 Å². The molecule has 0 aliphatic heterocycles. The second kappa shape index (κ2) is 4.40. The van der Waals surface area contributed by atoms with Crippen molar-refractivity contribution in [2.75, 3.05) is 0 Å². The standard InChI is InChI=1S/C10H11NO2/c1-11-9(10(12)13)7-8-5-3-2-4-6-8/h2-6,9H,1,7H2,(H,12,13). The van der Waals surface area contributed by atoms with E-state index in [1.807, 2.05) is 30.3 Å². The molecular weight excluding hydrogens is 166 g/mol. The third-order valence-electron chi connectivity index (χ3n) is 1.78. The Morgan fingerprint density at radius 3 is 2.54 bits per heavy atom. The minimum Gasteiger partial charge on any atom is -0.480 e. The molecule has 0 fully saturated rings. The summed E-state index contributed by atoms with van der Waals surface area (Å²) in [5.74, 6) is -0.932. The highest BCUT2D eigenvalue weighted by atomic mass is 16.4. The van der Waals surface area contributed by atoms with Gasteiger partial charge in [0, 0.05) is 6.42 Å². The van der Waals surface area contributed by atoms with E-state index in [4.69, 9.17) is 5.11 Å². The molecule has 3 heteroatoms. The lowest BCUT2D eigenvalue weighted by molar-refractivity contribution is -0.138. The van der Waals surface area contributed by atoms with Crippen molar-refractivity contribution in [2.24, 2.45) is 4.99 Å². The molecule has 0 amide bonds. The summed E-state index contributed by atoms with van der Waals surface area (Å²) in [6, 6.07) is 8.65. The van der Waals surface area contributed by atoms with Crippen LogP contribution in [-0.4, -0.2) is 23.8 Å². The summed E-state index contributed by atoms with van der Waals surface area (Å²) in [6.07, 6.45) is 0.402. The van der Waals surface area contributed by atoms with E-state index in [0.29, 0.717) is 6.42 Å². The van der Waals surface area contributed by atoms with Crippen molar-refractivity contribution < 1.29 is 9.90 Å². The molecule has 0 radical (unpaired) electrons. The average Bonchev–Trinajstić information content (AvgIpc) is 2.15. The lowest BCUT2D eigenvalue weighted by atomic mass is 10.1. The molecule has 1 N–H and O–H groups in total. The maximum atomic E-state index is 10.6. The summed E-state index contributed by atoms with van der Waals surface area (Å²) < 4.78 is 0. The molecule has 68 valence electrons. The van der Waals surface area contributed by atoms with Crippen LogP contribution in [0.1, 0.15) is 5.56 Å². The maximum absolute atomic E-state index is 10.6. The fraction of sp³-hybridized carbons (Fsp3) is 0.200. The third kappa shape index (κ3) is 2.71. The Morgan fingerprint density at radius 1 is 1.46 bits per heavy atom. The van der Waals surface area contributed by atoms with E-state index < -0.39 is 12.0 Å². The minimum absolute atomic E-state index is 0.402. The van der Waals surface area contributed by atoms with Crippen LogP contribution < -0.4 is 0 Å². The van der Waals surface area contributed by atoms with Gasteiger partial charge in [0.1, 0.15) is 0 Å². The molecular formula is C10H11NO2. The number of hydrogen-bond acceptors (Lipinski definition) is 2. The van der Waals surface area contributed by atoms with E-state index in [1.54, 1.807) is 0 Å². The van der Waals surface area contributed by atoms with Crippen molar-refractivity contribution in [1.29, 1.82) is 0 Å². The molecule has 0 aliphatic rings.